The number of carbonyl (C=O) groups excluding carboxylic acids is 1. The highest BCUT2D eigenvalue weighted by Gasteiger charge is 2.16. The highest BCUT2D eigenvalue weighted by Crippen LogP contribution is 2.29. The van der Waals surface area contributed by atoms with Crippen LogP contribution >= 0.6 is 23.6 Å². The largest absolute Gasteiger partial charge is 0.490 e. The third kappa shape index (κ3) is 3.77. The number of methoxy groups -OCH3 is 1. The molecule has 0 fully saturated rings. The molecule has 2 aromatic rings. The molecule has 0 aliphatic carbocycles. The van der Waals surface area contributed by atoms with Crippen LogP contribution in [0.1, 0.15) is 9.67 Å². The molecule has 0 aliphatic rings. The second-order valence-corrected chi connectivity index (χ2v) is 5.39. The highest BCUT2D eigenvalue weighted by atomic mass is 32.1. The monoisotopic (exact) mass is 337 g/mol. The van der Waals surface area contributed by atoms with E-state index in [1.807, 2.05) is 0 Å². The quantitative estimate of drug-likeness (QED) is 0.506. The number of benzene rings is 1. The molecule has 9 heteroatoms. The normalized spacial score (nSPS) is 9.86. The van der Waals surface area contributed by atoms with Crippen molar-refractivity contribution in [1.82, 2.24) is 5.32 Å². The number of nitro groups is 1. The lowest BCUT2D eigenvalue weighted by atomic mass is 10.2. The number of thiocarbonyl (C=S) groups is 1. The molecule has 0 atom stereocenters. The first kappa shape index (κ1) is 15.9. The van der Waals surface area contributed by atoms with Crippen molar-refractivity contribution < 1.29 is 14.5 Å². The molecular formula is C13H11N3O4S2. The minimum atomic E-state index is -0.558. The molecule has 0 radical (unpaired) electrons. The Morgan fingerprint density at radius 2 is 2.18 bits per heavy atom. The minimum Gasteiger partial charge on any atom is -0.490 e. The Labute approximate surface area is 135 Å². The van der Waals surface area contributed by atoms with Gasteiger partial charge in [-0.15, -0.1) is 11.3 Å². The third-order valence-electron chi connectivity index (χ3n) is 2.61. The molecule has 2 N–H and O–H groups in total. The summed E-state index contributed by atoms with van der Waals surface area (Å²) in [6, 6.07) is 7.71. The predicted molar refractivity (Wildman–Crippen MR) is 87.7 cm³/mol. The number of nitrogens with zero attached hydrogens (tertiary/aromatic N) is 1. The molecule has 0 saturated heterocycles. The van der Waals surface area contributed by atoms with Crippen LogP contribution in [0.2, 0.25) is 0 Å². The fourth-order valence-electron chi connectivity index (χ4n) is 1.65. The van der Waals surface area contributed by atoms with E-state index in [1.54, 1.807) is 23.6 Å². The lowest BCUT2D eigenvalue weighted by Crippen LogP contribution is -2.33. The van der Waals surface area contributed by atoms with Crippen molar-refractivity contribution in [3.05, 3.63) is 50.7 Å². The summed E-state index contributed by atoms with van der Waals surface area (Å²) in [5.74, 6) is -0.195. The Morgan fingerprint density at radius 1 is 1.41 bits per heavy atom. The Kier molecular flexibility index (Phi) is 5.02. The molecule has 1 heterocycles. The van der Waals surface area contributed by atoms with E-state index >= 15 is 0 Å². The second-order valence-electron chi connectivity index (χ2n) is 4.03. The Morgan fingerprint density at radius 3 is 2.77 bits per heavy atom. The summed E-state index contributed by atoms with van der Waals surface area (Å²) in [7, 11) is 1.35. The lowest BCUT2D eigenvalue weighted by Gasteiger charge is -2.09. The van der Waals surface area contributed by atoms with Crippen molar-refractivity contribution in [1.29, 1.82) is 0 Å². The number of hydrogen-bond acceptors (Lipinski definition) is 6. The van der Waals surface area contributed by atoms with Crippen molar-refractivity contribution in [3.63, 3.8) is 0 Å². The summed E-state index contributed by atoms with van der Waals surface area (Å²) in [5.41, 5.74) is 0.184. The second kappa shape index (κ2) is 6.96. The molecular weight excluding hydrogens is 326 g/mol. The van der Waals surface area contributed by atoms with Gasteiger partial charge in [-0.05, 0) is 35.8 Å². The predicted octanol–water partition coefficient (Wildman–Crippen LogP) is 2.79. The van der Waals surface area contributed by atoms with Gasteiger partial charge in [0.15, 0.2) is 10.9 Å². The average molecular weight is 337 g/mol. The summed E-state index contributed by atoms with van der Waals surface area (Å²) in [5, 5.41) is 18.0. The first-order valence-corrected chi connectivity index (χ1v) is 7.28. The number of nitro benzene ring substituents is 1. The molecule has 1 aromatic carbocycles. The van der Waals surface area contributed by atoms with Crippen LogP contribution in [-0.4, -0.2) is 23.1 Å². The van der Waals surface area contributed by atoms with Crippen LogP contribution in [0.5, 0.6) is 5.75 Å². The topological polar surface area (TPSA) is 93.5 Å². The van der Waals surface area contributed by atoms with Gasteiger partial charge >= 0.3 is 5.69 Å². The van der Waals surface area contributed by atoms with Crippen molar-refractivity contribution >= 4 is 45.9 Å². The van der Waals surface area contributed by atoms with Crippen LogP contribution in [0.15, 0.2) is 35.7 Å². The van der Waals surface area contributed by atoms with Crippen LogP contribution < -0.4 is 15.4 Å². The zero-order valence-corrected chi connectivity index (χ0v) is 13.0. The van der Waals surface area contributed by atoms with Gasteiger partial charge in [-0.2, -0.15) is 0 Å². The van der Waals surface area contributed by atoms with Gasteiger partial charge in [-0.25, -0.2) is 0 Å². The summed E-state index contributed by atoms with van der Waals surface area (Å²) in [6.45, 7) is 0. The SMILES string of the molecule is COc1ccc(NC(=S)NC(=O)c2cccs2)cc1[N+](=O)[O-]. The summed E-state index contributed by atoms with van der Waals surface area (Å²) in [4.78, 5) is 22.7. The van der Waals surface area contributed by atoms with Crippen LogP contribution in [0, 0.1) is 10.1 Å². The molecule has 114 valence electrons. The first-order chi connectivity index (χ1) is 10.5. The Hall–Kier alpha value is -2.52. The van der Waals surface area contributed by atoms with Crippen molar-refractivity contribution in [2.75, 3.05) is 12.4 Å². The molecule has 0 bridgehead atoms. The van der Waals surface area contributed by atoms with E-state index in [9.17, 15) is 14.9 Å². The number of nitrogens with one attached hydrogen (secondary N) is 2. The molecule has 0 saturated carbocycles. The minimum absolute atomic E-state index is 0.0536. The van der Waals surface area contributed by atoms with Gasteiger partial charge in [0.1, 0.15) is 0 Å². The molecule has 1 aromatic heterocycles. The molecule has 2 rings (SSSR count). The summed E-state index contributed by atoms with van der Waals surface area (Å²) in [6.07, 6.45) is 0. The molecule has 0 aliphatic heterocycles. The van der Waals surface area contributed by atoms with Gasteiger partial charge in [0.05, 0.1) is 16.9 Å². The van der Waals surface area contributed by atoms with Gasteiger partial charge in [-0.3, -0.25) is 20.2 Å². The molecule has 7 nitrogen and oxygen atoms in total. The van der Waals surface area contributed by atoms with Gasteiger partial charge in [0, 0.05) is 11.8 Å². The number of hydrogen-bond donors (Lipinski definition) is 2. The van der Waals surface area contributed by atoms with Crippen LogP contribution in [0.4, 0.5) is 11.4 Å². The summed E-state index contributed by atoms with van der Waals surface area (Å²) < 4.78 is 4.91. The van der Waals surface area contributed by atoms with E-state index in [1.165, 1.54) is 30.6 Å². The van der Waals surface area contributed by atoms with E-state index in [0.29, 0.717) is 10.6 Å². The van der Waals surface area contributed by atoms with E-state index in [2.05, 4.69) is 10.6 Å². The number of carbonyl (C=O) groups is 1. The Bertz CT molecular complexity index is 716. The zero-order chi connectivity index (χ0) is 16.1. The third-order valence-corrected chi connectivity index (χ3v) is 3.68. The maximum absolute atomic E-state index is 11.8. The van der Waals surface area contributed by atoms with Gasteiger partial charge in [0.2, 0.25) is 0 Å². The number of rotatable bonds is 4. The smallest absolute Gasteiger partial charge is 0.312 e. The van der Waals surface area contributed by atoms with Crippen molar-refractivity contribution in [3.8, 4) is 5.75 Å². The molecule has 1 amide bonds. The number of thiophene rings is 1. The van der Waals surface area contributed by atoms with Crippen molar-refractivity contribution in [2.45, 2.75) is 0 Å². The van der Waals surface area contributed by atoms with E-state index in [-0.39, 0.29) is 22.5 Å². The van der Waals surface area contributed by atoms with Crippen LogP contribution in [0.25, 0.3) is 0 Å². The standard InChI is InChI=1S/C13H11N3O4S2/c1-20-10-5-4-8(7-9(10)16(18)19)14-13(21)15-12(17)11-3-2-6-22-11/h2-7H,1H3,(H2,14,15,17,21). The lowest BCUT2D eigenvalue weighted by molar-refractivity contribution is -0.385. The molecule has 22 heavy (non-hydrogen) atoms. The maximum atomic E-state index is 11.8. The zero-order valence-electron chi connectivity index (χ0n) is 11.4. The van der Waals surface area contributed by atoms with E-state index in [0.717, 1.165) is 0 Å². The maximum Gasteiger partial charge on any atom is 0.312 e. The van der Waals surface area contributed by atoms with Gasteiger partial charge < -0.3 is 10.1 Å². The van der Waals surface area contributed by atoms with Crippen LogP contribution in [-0.2, 0) is 0 Å². The number of anilines is 1. The number of amides is 1. The summed E-state index contributed by atoms with van der Waals surface area (Å²) >= 11 is 6.30. The van der Waals surface area contributed by atoms with Gasteiger partial charge in [-0.1, -0.05) is 6.07 Å². The number of ether oxygens (including phenoxy) is 1. The average Bonchev–Trinajstić information content (AvgIpc) is 3.01. The fourth-order valence-corrected chi connectivity index (χ4v) is 2.47. The van der Waals surface area contributed by atoms with Crippen molar-refractivity contribution in [2.24, 2.45) is 0 Å². The van der Waals surface area contributed by atoms with E-state index in [4.69, 9.17) is 17.0 Å². The van der Waals surface area contributed by atoms with E-state index < -0.39 is 4.92 Å². The molecule has 0 spiro atoms. The molecule has 0 unspecified atom stereocenters. The van der Waals surface area contributed by atoms with Crippen LogP contribution in [0.3, 0.4) is 0 Å². The first-order valence-electron chi connectivity index (χ1n) is 5.99. The Balaban J connectivity index is 2.07. The highest BCUT2D eigenvalue weighted by molar-refractivity contribution is 7.80. The fraction of sp³-hybridized carbons (Fsp3) is 0.0769. The van der Waals surface area contributed by atoms with Gasteiger partial charge in [0.25, 0.3) is 5.91 Å².